The lowest BCUT2D eigenvalue weighted by Crippen LogP contribution is -2.09. The van der Waals surface area contributed by atoms with Crippen LogP contribution in [0.3, 0.4) is 0 Å². The van der Waals surface area contributed by atoms with E-state index in [9.17, 15) is 17.6 Å². The van der Waals surface area contributed by atoms with Gasteiger partial charge in [0.1, 0.15) is 11.5 Å². The first-order chi connectivity index (χ1) is 8.43. The van der Waals surface area contributed by atoms with Crippen LogP contribution in [0.1, 0.15) is 11.4 Å². The quantitative estimate of drug-likeness (QED) is 0.627. The Bertz CT molecular complexity index is 566. The number of alkyl halides is 4. The third-order valence-corrected chi connectivity index (χ3v) is 2.39. The molecular formula is C9H5ClF4N4. The summed E-state index contributed by atoms with van der Waals surface area (Å²) in [5, 5.41) is 10.1. The maximum absolute atomic E-state index is 13.5. The SMILES string of the molecule is Fc1ccc(C(F)(F)F)cc1-n1nnnc1CCl. The number of hydrogen-bond donors (Lipinski definition) is 0. The Kier molecular flexibility index (Phi) is 3.20. The van der Waals surface area contributed by atoms with E-state index in [1.54, 1.807) is 0 Å². The van der Waals surface area contributed by atoms with Gasteiger partial charge in [0.15, 0.2) is 5.82 Å². The van der Waals surface area contributed by atoms with Crippen LogP contribution in [0.2, 0.25) is 0 Å². The van der Waals surface area contributed by atoms with Crippen LogP contribution in [0.4, 0.5) is 17.6 Å². The summed E-state index contributed by atoms with van der Waals surface area (Å²) in [5.41, 5.74) is -1.39. The zero-order valence-electron chi connectivity index (χ0n) is 8.62. The van der Waals surface area contributed by atoms with Crippen LogP contribution in [0.5, 0.6) is 0 Å². The molecule has 0 unspecified atom stereocenters. The van der Waals surface area contributed by atoms with E-state index in [4.69, 9.17) is 11.6 Å². The lowest BCUT2D eigenvalue weighted by molar-refractivity contribution is -0.137. The smallest absolute Gasteiger partial charge is 0.205 e. The molecule has 0 bridgehead atoms. The maximum atomic E-state index is 13.5. The Labute approximate surface area is 103 Å². The maximum Gasteiger partial charge on any atom is 0.416 e. The fourth-order valence-corrected chi connectivity index (χ4v) is 1.49. The summed E-state index contributed by atoms with van der Waals surface area (Å²) in [7, 11) is 0. The molecule has 0 aliphatic rings. The van der Waals surface area contributed by atoms with Gasteiger partial charge in [-0.05, 0) is 28.6 Å². The fourth-order valence-electron chi connectivity index (χ4n) is 1.33. The van der Waals surface area contributed by atoms with Gasteiger partial charge in [-0.15, -0.1) is 16.7 Å². The molecule has 2 aromatic rings. The molecule has 0 saturated heterocycles. The first-order valence-electron chi connectivity index (χ1n) is 4.64. The van der Waals surface area contributed by atoms with Gasteiger partial charge in [0, 0.05) is 0 Å². The predicted molar refractivity (Wildman–Crippen MR) is 53.7 cm³/mol. The van der Waals surface area contributed by atoms with Crippen LogP contribution in [0.15, 0.2) is 18.2 Å². The van der Waals surface area contributed by atoms with E-state index in [0.717, 1.165) is 4.68 Å². The highest BCUT2D eigenvalue weighted by molar-refractivity contribution is 6.16. The highest BCUT2D eigenvalue weighted by Gasteiger charge is 2.31. The summed E-state index contributed by atoms with van der Waals surface area (Å²) in [5.74, 6) is -0.973. The zero-order valence-corrected chi connectivity index (χ0v) is 9.37. The first kappa shape index (κ1) is 12.7. The van der Waals surface area contributed by atoms with Gasteiger partial charge < -0.3 is 0 Å². The molecule has 0 radical (unpaired) electrons. The normalized spacial score (nSPS) is 11.8. The Hall–Kier alpha value is -1.70. The average Bonchev–Trinajstić information content (AvgIpc) is 2.76. The van der Waals surface area contributed by atoms with E-state index in [1.807, 2.05) is 0 Å². The number of benzene rings is 1. The molecule has 0 spiro atoms. The summed E-state index contributed by atoms with van der Waals surface area (Å²) >= 11 is 5.50. The van der Waals surface area contributed by atoms with Crippen LogP contribution in [-0.4, -0.2) is 20.2 Å². The molecule has 96 valence electrons. The number of aromatic nitrogens is 4. The van der Waals surface area contributed by atoms with Gasteiger partial charge in [-0.25, -0.2) is 4.39 Å². The highest BCUT2D eigenvalue weighted by atomic mass is 35.5. The summed E-state index contributed by atoms with van der Waals surface area (Å²) in [6, 6.07) is 1.98. The molecule has 0 aliphatic heterocycles. The molecule has 0 amide bonds. The van der Waals surface area contributed by atoms with Crippen molar-refractivity contribution in [2.75, 3.05) is 0 Å². The molecule has 2 rings (SSSR count). The molecule has 1 aromatic carbocycles. The minimum atomic E-state index is -4.57. The largest absolute Gasteiger partial charge is 0.416 e. The van der Waals surface area contributed by atoms with Crippen LogP contribution in [0.25, 0.3) is 5.69 Å². The van der Waals surface area contributed by atoms with Gasteiger partial charge in [-0.2, -0.15) is 17.9 Å². The van der Waals surface area contributed by atoms with Gasteiger partial charge >= 0.3 is 6.18 Å². The van der Waals surface area contributed by atoms with E-state index < -0.39 is 23.2 Å². The summed E-state index contributed by atoms with van der Waals surface area (Å²) < 4.78 is 51.9. The van der Waals surface area contributed by atoms with Crippen molar-refractivity contribution >= 4 is 11.6 Å². The molecule has 18 heavy (non-hydrogen) atoms. The van der Waals surface area contributed by atoms with Crippen molar-refractivity contribution in [3.8, 4) is 5.69 Å². The van der Waals surface area contributed by atoms with Crippen molar-refractivity contribution in [1.29, 1.82) is 0 Å². The summed E-state index contributed by atoms with van der Waals surface area (Å²) in [6.07, 6.45) is -4.57. The van der Waals surface area contributed by atoms with Crippen molar-refractivity contribution in [3.05, 3.63) is 35.4 Å². The molecule has 0 aliphatic carbocycles. The third-order valence-electron chi connectivity index (χ3n) is 2.16. The van der Waals surface area contributed by atoms with Gasteiger partial charge in [0.25, 0.3) is 0 Å². The van der Waals surface area contributed by atoms with E-state index in [0.29, 0.717) is 18.2 Å². The van der Waals surface area contributed by atoms with Crippen LogP contribution < -0.4 is 0 Å². The first-order valence-corrected chi connectivity index (χ1v) is 5.17. The monoisotopic (exact) mass is 280 g/mol. The molecule has 0 N–H and O–H groups in total. The van der Waals surface area contributed by atoms with Crippen LogP contribution >= 0.6 is 11.6 Å². The van der Waals surface area contributed by atoms with E-state index >= 15 is 0 Å². The van der Waals surface area contributed by atoms with Crippen molar-refractivity contribution in [3.63, 3.8) is 0 Å². The average molecular weight is 281 g/mol. The minimum absolute atomic E-state index is 0.0508. The van der Waals surface area contributed by atoms with Crippen molar-refractivity contribution < 1.29 is 17.6 Å². The van der Waals surface area contributed by atoms with Gasteiger partial charge in [0.2, 0.25) is 0 Å². The van der Waals surface area contributed by atoms with E-state index in [1.165, 1.54) is 0 Å². The standard InChI is InChI=1S/C9H5ClF4N4/c10-4-8-15-16-17-18(8)7-3-5(9(12,13)14)1-2-6(7)11/h1-3H,4H2. The van der Waals surface area contributed by atoms with Gasteiger partial charge in [0.05, 0.1) is 11.4 Å². The Morgan fingerprint density at radius 1 is 1.28 bits per heavy atom. The summed E-state index contributed by atoms with van der Waals surface area (Å²) in [4.78, 5) is 0. The summed E-state index contributed by atoms with van der Waals surface area (Å²) in [6.45, 7) is 0. The lowest BCUT2D eigenvalue weighted by atomic mass is 10.2. The third kappa shape index (κ3) is 2.28. The number of hydrogen-bond acceptors (Lipinski definition) is 3. The molecular weight excluding hydrogens is 276 g/mol. The van der Waals surface area contributed by atoms with Gasteiger partial charge in [-0.3, -0.25) is 0 Å². The Morgan fingerprint density at radius 3 is 2.61 bits per heavy atom. The molecule has 0 atom stereocenters. The second kappa shape index (κ2) is 4.52. The van der Waals surface area contributed by atoms with Crippen molar-refractivity contribution in [2.45, 2.75) is 12.1 Å². The Balaban J connectivity index is 2.57. The number of rotatable bonds is 2. The van der Waals surface area contributed by atoms with Crippen molar-refractivity contribution in [2.24, 2.45) is 0 Å². The van der Waals surface area contributed by atoms with E-state index in [-0.39, 0.29) is 11.7 Å². The Morgan fingerprint density at radius 2 is 2.00 bits per heavy atom. The van der Waals surface area contributed by atoms with E-state index in [2.05, 4.69) is 15.5 Å². The lowest BCUT2D eigenvalue weighted by Gasteiger charge is -2.09. The molecule has 9 heteroatoms. The minimum Gasteiger partial charge on any atom is -0.205 e. The molecule has 0 fully saturated rings. The van der Waals surface area contributed by atoms with Gasteiger partial charge in [-0.1, -0.05) is 0 Å². The number of nitrogens with zero attached hydrogens (tertiary/aromatic N) is 4. The molecule has 1 aromatic heterocycles. The topological polar surface area (TPSA) is 43.6 Å². The predicted octanol–water partition coefficient (Wildman–Crippen LogP) is 2.56. The zero-order chi connectivity index (χ0) is 13.3. The molecule has 0 saturated carbocycles. The second-order valence-electron chi connectivity index (χ2n) is 3.30. The second-order valence-corrected chi connectivity index (χ2v) is 3.57. The highest BCUT2D eigenvalue weighted by Crippen LogP contribution is 2.31. The molecule has 4 nitrogen and oxygen atoms in total. The van der Waals surface area contributed by atoms with Crippen LogP contribution in [-0.2, 0) is 12.1 Å². The van der Waals surface area contributed by atoms with Crippen molar-refractivity contribution in [1.82, 2.24) is 20.2 Å². The number of tetrazole rings is 1. The van der Waals surface area contributed by atoms with Crippen LogP contribution in [0, 0.1) is 5.82 Å². The number of halogens is 5. The molecule has 1 heterocycles. The fraction of sp³-hybridized carbons (Fsp3) is 0.222.